The zero-order valence-electron chi connectivity index (χ0n) is 18.5. The Labute approximate surface area is 209 Å². The Kier molecular flexibility index (Phi) is 8.68. The minimum atomic E-state index is -4.00. The lowest BCUT2D eigenvalue weighted by Gasteiger charge is -2.22. The Hall–Kier alpha value is -2.91. The third-order valence-electron chi connectivity index (χ3n) is 4.88. The van der Waals surface area contributed by atoms with Gasteiger partial charge in [-0.05, 0) is 48.4 Å². The standard InChI is InChI=1S/C24H23Cl2N3O4S/c1-17-12-21(10-11-23(17)33-2)34(31,32)29(15-18-6-4-3-5-7-18)16-24(30)28-27-14-19-8-9-20(25)13-22(19)26/h3-14H,15-16H2,1-2H3,(H,28,30)/b27-14+. The predicted octanol–water partition coefficient (Wildman–Crippen LogP) is 4.65. The van der Waals surface area contributed by atoms with Crippen LogP contribution in [0.15, 0.2) is 76.7 Å². The number of hydrazone groups is 1. The van der Waals surface area contributed by atoms with Crippen molar-refractivity contribution in [2.75, 3.05) is 13.7 Å². The maximum Gasteiger partial charge on any atom is 0.255 e. The lowest BCUT2D eigenvalue weighted by atomic mass is 10.2. The van der Waals surface area contributed by atoms with Crippen molar-refractivity contribution < 1.29 is 17.9 Å². The van der Waals surface area contributed by atoms with E-state index < -0.39 is 22.5 Å². The smallest absolute Gasteiger partial charge is 0.255 e. The number of aryl methyl sites for hydroxylation is 1. The number of rotatable bonds is 9. The van der Waals surface area contributed by atoms with E-state index in [-0.39, 0.29) is 11.4 Å². The van der Waals surface area contributed by atoms with E-state index in [1.54, 1.807) is 55.5 Å². The molecule has 0 atom stereocenters. The minimum Gasteiger partial charge on any atom is -0.496 e. The summed E-state index contributed by atoms with van der Waals surface area (Å²) in [6.45, 7) is 1.32. The van der Waals surface area contributed by atoms with E-state index in [0.29, 0.717) is 26.9 Å². The van der Waals surface area contributed by atoms with Gasteiger partial charge in [0.1, 0.15) is 5.75 Å². The van der Waals surface area contributed by atoms with E-state index in [1.807, 2.05) is 6.07 Å². The van der Waals surface area contributed by atoms with Gasteiger partial charge in [0, 0.05) is 17.1 Å². The Balaban J connectivity index is 1.82. The van der Waals surface area contributed by atoms with Crippen molar-refractivity contribution in [3.8, 4) is 5.75 Å². The molecular weight excluding hydrogens is 497 g/mol. The second kappa shape index (κ2) is 11.5. The van der Waals surface area contributed by atoms with Crippen molar-refractivity contribution in [1.29, 1.82) is 0 Å². The van der Waals surface area contributed by atoms with Crippen LogP contribution in [-0.2, 0) is 21.4 Å². The topological polar surface area (TPSA) is 88.1 Å². The molecule has 3 aromatic carbocycles. The molecule has 34 heavy (non-hydrogen) atoms. The van der Waals surface area contributed by atoms with E-state index in [0.717, 1.165) is 9.87 Å². The molecular formula is C24H23Cl2N3O4S. The molecule has 0 saturated heterocycles. The van der Waals surface area contributed by atoms with Crippen LogP contribution in [0.3, 0.4) is 0 Å². The predicted molar refractivity (Wildman–Crippen MR) is 134 cm³/mol. The van der Waals surface area contributed by atoms with Crippen molar-refractivity contribution in [2.24, 2.45) is 5.10 Å². The van der Waals surface area contributed by atoms with Gasteiger partial charge in [0.2, 0.25) is 10.0 Å². The fraction of sp³-hybridized carbons (Fsp3) is 0.167. The third-order valence-corrected chi connectivity index (χ3v) is 7.23. The first-order chi connectivity index (χ1) is 16.2. The highest BCUT2D eigenvalue weighted by atomic mass is 35.5. The number of hydrogen-bond donors (Lipinski definition) is 1. The molecule has 0 saturated carbocycles. The normalized spacial score (nSPS) is 11.7. The minimum absolute atomic E-state index is 0.00833. The van der Waals surface area contributed by atoms with Crippen LogP contribution < -0.4 is 10.2 Å². The number of sulfonamides is 1. The van der Waals surface area contributed by atoms with Crippen LogP contribution in [0.1, 0.15) is 16.7 Å². The number of halogens is 2. The number of ether oxygens (including phenoxy) is 1. The van der Waals surface area contributed by atoms with E-state index in [1.165, 1.54) is 25.5 Å². The van der Waals surface area contributed by atoms with Crippen molar-refractivity contribution in [2.45, 2.75) is 18.4 Å². The maximum absolute atomic E-state index is 13.4. The van der Waals surface area contributed by atoms with Gasteiger partial charge in [0.15, 0.2) is 0 Å². The number of benzene rings is 3. The SMILES string of the molecule is COc1ccc(S(=O)(=O)N(CC(=O)N/N=C/c2ccc(Cl)cc2Cl)Cc2ccccc2)cc1C. The van der Waals surface area contributed by atoms with Crippen molar-refractivity contribution in [3.63, 3.8) is 0 Å². The highest BCUT2D eigenvalue weighted by Gasteiger charge is 2.27. The van der Waals surface area contributed by atoms with Crippen molar-refractivity contribution >= 4 is 45.3 Å². The molecule has 178 valence electrons. The molecule has 7 nitrogen and oxygen atoms in total. The molecule has 10 heteroatoms. The number of amides is 1. The molecule has 0 unspecified atom stereocenters. The quantitative estimate of drug-likeness (QED) is 0.329. The number of carbonyl (C=O) groups excluding carboxylic acids is 1. The van der Waals surface area contributed by atoms with Crippen LogP contribution in [0.2, 0.25) is 10.0 Å². The average molecular weight is 520 g/mol. The summed E-state index contributed by atoms with van der Waals surface area (Å²) in [5, 5.41) is 4.74. The average Bonchev–Trinajstić information content (AvgIpc) is 2.80. The van der Waals surface area contributed by atoms with Crippen LogP contribution in [0.4, 0.5) is 0 Å². The molecule has 3 rings (SSSR count). The number of nitrogens with zero attached hydrogens (tertiary/aromatic N) is 2. The molecule has 3 aromatic rings. The molecule has 1 amide bonds. The largest absolute Gasteiger partial charge is 0.496 e. The lowest BCUT2D eigenvalue weighted by molar-refractivity contribution is -0.121. The zero-order valence-corrected chi connectivity index (χ0v) is 20.9. The summed E-state index contributed by atoms with van der Waals surface area (Å²) in [4.78, 5) is 12.7. The number of methoxy groups -OCH3 is 1. The first kappa shape index (κ1) is 25.7. The number of carbonyl (C=O) groups is 1. The molecule has 0 spiro atoms. The van der Waals surface area contributed by atoms with Crippen LogP contribution in [0.5, 0.6) is 5.75 Å². The highest BCUT2D eigenvalue weighted by Crippen LogP contribution is 2.25. The molecule has 0 aliphatic rings. The van der Waals surface area contributed by atoms with Gasteiger partial charge >= 0.3 is 0 Å². The molecule has 0 aliphatic carbocycles. The van der Waals surface area contributed by atoms with Gasteiger partial charge in [0.25, 0.3) is 5.91 Å². The van der Waals surface area contributed by atoms with Gasteiger partial charge < -0.3 is 4.74 Å². The molecule has 0 aliphatic heterocycles. The van der Waals surface area contributed by atoms with Crippen LogP contribution in [0, 0.1) is 6.92 Å². The lowest BCUT2D eigenvalue weighted by Crippen LogP contribution is -2.39. The number of hydrogen-bond acceptors (Lipinski definition) is 5. The highest BCUT2D eigenvalue weighted by molar-refractivity contribution is 7.89. The van der Waals surface area contributed by atoms with E-state index in [4.69, 9.17) is 27.9 Å². The molecule has 0 radical (unpaired) electrons. The molecule has 1 N–H and O–H groups in total. The van der Waals surface area contributed by atoms with E-state index >= 15 is 0 Å². The fourth-order valence-electron chi connectivity index (χ4n) is 3.15. The zero-order chi connectivity index (χ0) is 24.7. The van der Waals surface area contributed by atoms with Crippen LogP contribution in [0.25, 0.3) is 0 Å². The third kappa shape index (κ3) is 6.57. The summed E-state index contributed by atoms with van der Waals surface area (Å²) in [6.07, 6.45) is 1.36. The molecule has 0 bridgehead atoms. The summed E-state index contributed by atoms with van der Waals surface area (Å²) in [6, 6.07) is 18.4. The first-order valence-electron chi connectivity index (χ1n) is 10.2. The Bertz CT molecular complexity index is 1300. The molecule has 0 fully saturated rings. The molecule has 0 aromatic heterocycles. The van der Waals surface area contributed by atoms with Crippen LogP contribution >= 0.6 is 23.2 Å². The van der Waals surface area contributed by atoms with E-state index in [9.17, 15) is 13.2 Å². The summed E-state index contributed by atoms with van der Waals surface area (Å²) < 4.78 is 33.2. The van der Waals surface area contributed by atoms with Gasteiger partial charge in [-0.15, -0.1) is 0 Å². The summed E-state index contributed by atoms with van der Waals surface area (Å²) >= 11 is 12.0. The summed E-state index contributed by atoms with van der Waals surface area (Å²) in [5.41, 5.74) is 4.31. The summed E-state index contributed by atoms with van der Waals surface area (Å²) in [5.74, 6) is -0.0347. The fourth-order valence-corrected chi connectivity index (χ4v) is 5.08. The van der Waals surface area contributed by atoms with Crippen molar-refractivity contribution in [3.05, 3.63) is 93.5 Å². The van der Waals surface area contributed by atoms with Gasteiger partial charge in [-0.3, -0.25) is 4.79 Å². The second-order valence-corrected chi connectivity index (χ2v) is 10.1. The van der Waals surface area contributed by atoms with Gasteiger partial charge in [-0.2, -0.15) is 9.41 Å². The van der Waals surface area contributed by atoms with E-state index in [2.05, 4.69) is 10.5 Å². The first-order valence-corrected chi connectivity index (χ1v) is 12.4. The monoisotopic (exact) mass is 519 g/mol. The summed E-state index contributed by atoms with van der Waals surface area (Å²) in [7, 11) is -2.49. The molecule has 0 heterocycles. The number of nitrogens with one attached hydrogen (secondary N) is 1. The van der Waals surface area contributed by atoms with Gasteiger partial charge in [-0.1, -0.05) is 59.6 Å². The van der Waals surface area contributed by atoms with Crippen molar-refractivity contribution in [1.82, 2.24) is 9.73 Å². The Morgan fingerprint density at radius 1 is 1.09 bits per heavy atom. The van der Waals surface area contributed by atoms with Gasteiger partial charge in [0.05, 0.1) is 29.8 Å². The maximum atomic E-state index is 13.4. The second-order valence-electron chi connectivity index (χ2n) is 7.35. The Morgan fingerprint density at radius 3 is 2.47 bits per heavy atom. The van der Waals surface area contributed by atoms with Crippen LogP contribution in [-0.4, -0.2) is 38.5 Å². The van der Waals surface area contributed by atoms with Gasteiger partial charge in [-0.25, -0.2) is 13.8 Å². The Morgan fingerprint density at radius 2 is 1.82 bits per heavy atom.